The first-order valence-corrected chi connectivity index (χ1v) is 23.8. The molecule has 0 saturated heterocycles. The molecule has 1 unspecified atom stereocenters. The molecule has 0 bridgehead atoms. The van der Waals surface area contributed by atoms with Gasteiger partial charge in [-0.05, 0) is 110 Å². The van der Waals surface area contributed by atoms with Crippen LogP contribution in [0.25, 0.3) is 104 Å². The monoisotopic (exact) mass is 894 g/mol. The lowest BCUT2D eigenvalue weighted by Gasteiger charge is -2.27. The van der Waals surface area contributed by atoms with E-state index in [9.17, 15) is 0 Å². The van der Waals surface area contributed by atoms with Gasteiger partial charge in [0.1, 0.15) is 23.2 Å². The van der Waals surface area contributed by atoms with E-state index in [1.165, 1.54) is 32.3 Å². The Hall–Kier alpha value is -9.32. The molecule has 328 valence electrons. The Labute approximate surface area is 404 Å². The summed E-state index contributed by atoms with van der Waals surface area (Å²) >= 11 is 0. The summed E-state index contributed by atoms with van der Waals surface area (Å²) in [6, 6.07) is 86.6. The van der Waals surface area contributed by atoms with Crippen LogP contribution in [0.4, 0.5) is 0 Å². The molecule has 1 N–H and O–H groups in total. The van der Waals surface area contributed by atoms with Crippen molar-refractivity contribution in [3.63, 3.8) is 0 Å². The summed E-state index contributed by atoms with van der Waals surface area (Å²) in [5.74, 6) is 1.42. The van der Waals surface area contributed by atoms with Gasteiger partial charge in [-0.3, -0.25) is 0 Å². The number of aliphatic imine (C=N–C) groups is 2. The van der Waals surface area contributed by atoms with Crippen molar-refractivity contribution in [3.05, 3.63) is 259 Å². The SMILES string of the molecule is c1ccc(-c2ccccc2C2=NC(c3ccc(-n4c5cc6ccccc6cc5c5cc6ccccc6cc54)cc3-c3ccc4oc5ccccc5c4c3)NC(c3ccccc3-c3ccccc3)=N2)cc1. The van der Waals surface area contributed by atoms with E-state index in [-0.39, 0.29) is 0 Å². The Morgan fingerprint density at radius 1 is 0.371 bits per heavy atom. The van der Waals surface area contributed by atoms with E-state index >= 15 is 0 Å². The summed E-state index contributed by atoms with van der Waals surface area (Å²) in [6.45, 7) is 0. The molecule has 5 heteroatoms. The number of amidine groups is 2. The van der Waals surface area contributed by atoms with Crippen LogP contribution in [-0.2, 0) is 0 Å². The Balaban J connectivity index is 1.03. The number of hydrogen-bond acceptors (Lipinski definition) is 4. The van der Waals surface area contributed by atoms with Gasteiger partial charge in [0.15, 0.2) is 5.84 Å². The van der Waals surface area contributed by atoms with Gasteiger partial charge < -0.3 is 14.3 Å². The molecule has 0 fully saturated rings. The van der Waals surface area contributed by atoms with Gasteiger partial charge in [-0.1, -0.05) is 188 Å². The van der Waals surface area contributed by atoms with Crippen molar-refractivity contribution in [1.29, 1.82) is 0 Å². The van der Waals surface area contributed by atoms with Crippen LogP contribution in [0.2, 0.25) is 0 Å². The molecule has 70 heavy (non-hydrogen) atoms. The molecule has 2 aromatic heterocycles. The van der Waals surface area contributed by atoms with Gasteiger partial charge in [-0.2, -0.15) is 0 Å². The zero-order chi connectivity index (χ0) is 46.1. The molecule has 13 aromatic rings. The number of furan rings is 1. The van der Waals surface area contributed by atoms with E-state index in [0.717, 1.165) is 94.6 Å². The molecule has 0 spiro atoms. The van der Waals surface area contributed by atoms with Crippen LogP contribution >= 0.6 is 0 Å². The number of nitrogens with zero attached hydrogens (tertiary/aromatic N) is 3. The van der Waals surface area contributed by atoms with Gasteiger partial charge in [-0.15, -0.1) is 0 Å². The van der Waals surface area contributed by atoms with Crippen LogP contribution in [0.3, 0.4) is 0 Å². The fourth-order valence-electron chi connectivity index (χ4n) is 10.7. The van der Waals surface area contributed by atoms with Crippen molar-refractivity contribution in [2.45, 2.75) is 6.17 Å². The first-order chi connectivity index (χ1) is 34.7. The molecule has 11 aromatic carbocycles. The molecule has 0 aliphatic carbocycles. The van der Waals surface area contributed by atoms with Crippen LogP contribution in [0.1, 0.15) is 22.9 Å². The van der Waals surface area contributed by atoms with Crippen molar-refractivity contribution in [2.75, 3.05) is 0 Å². The Bertz CT molecular complexity index is 4180. The van der Waals surface area contributed by atoms with Gasteiger partial charge in [0.2, 0.25) is 0 Å². The number of para-hydroxylation sites is 1. The lowest BCUT2D eigenvalue weighted by molar-refractivity contribution is 0.669. The molecule has 0 saturated carbocycles. The molecule has 14 rings (SSSR count). The summed E-state index contributed by atoms with van der Waals surface area (Å²) in [6.07, 6.45) is -0.526. The highest BCUT2D eigenvalue weighted by Gasteiger charge is 2.27. The fourth-order valence-corrected chi connectivity index (χ4v) is 10.7. The van der Waals surface area contributed by atoms with E-state index in [1.54, 1.807) is 0 Å². The van der Waals surface area contributed by atoms with E-state index in [0.29, 0.717) is 5.84 Å². The number of rotatable bonds is 7. The first kappa shape index (κ1) is 39.8. The molecule has 0 amide bonds. The minimum Gasteiger partial charge on any atom is -0.456 e. The third kappa shape index (κ3) is 6.62. The van der Waals surface area contributed by atoms with Crippen LogP contribution < -0.4 is 5.32 Å². The van der Waals surface area contributed by atoms with Gasteiger partial charge in [0.25, 0.3) is 0 Å². The fraction of sp³-hybridized carbons (Fsp3) is 0.0154. The van der Waals surface area contributed by atoms with Gasteiger partial charge in [-0.25, -0.2) is 9.98 Å². The normalized spacial score (nSPS) is 13.9. The second-order valence-electron chi connectivity index (χ2n) is 18.1. The number of nitrogens with one attached hydrogen (secondary N) is 1. The van der Waals surface area contributed by atoms with Crippen molar-refractivity contribution in [2.24, 2.45) is 9.98 Å². The molecule has 1 aliphatic heterocycles. The van der Waals surface area contributed by atoms with Crippen molar-refractivity contribution < 1.29 is 4.42 Å². The quantitative estimate of drug-likeness (QED) is 0.173. The summed E-state index contributed by atoms with van der Waals surface area (Å²) < 4.78 is 8.86. The predicted molar refractivity (Wildman–Crippen MR) is 291 cm³/mol. The van der Waals surface area contributed by atoms with E-state index in [2.05, 4.69) is 240 Å². The van der Waals surface area contributed by atoms with Gasteiger partial charge in [0.05, 0.1) is 11.0 Å². The topological polar surface area (TPSA) is 54.8 Å². The van der Waals surface area contributed by atoms with Crippen molar-refractivity contribution in [1.82, 2.24) is 9.88 Å². The van der Waals surface area contributed by atoms with Crippen LogP contribution in [0, 0.1) is 0 Å². The molecular formula is C65H42N4O. The predicted octanol–water partition coefficient (Wildman–Crippen LogP) is 16.5. The van der Waals surface area contributed by atoms with E-state index in [4.69, 9.17) is 14.4 Å². The molecule has 1 aliphatic rings. The number of hydrogen-bond donors (Lipinski definition) is 1. The van der Waals surface area contributed by atoms with Gasteiger partial charge in [0, 0.05) is 43.9 Å². The Morgan fingerprint density at radius 3 is 1.56 bits per heavy atom. The summed E-state index contributed by atoms with van der Waals surface area (Å²) in [5.41, 5.74) is 14.6. The zero-order valence-corrected chi connectivity index (χ0v) is 37.9. The lowest BCUT2D eigenvalue weighted by atomic mass is 9.94. The lowest BCUT2D eigenvalue weighted by Crippen LogP contribution is -2.34. The summed E-state index contributed by atoms with van der Waals surface area (Å²) in [7, 11) is 0. The van der Waals surface area contributed by atoms with Crippen LogP contribution in [0.15, 0.2) is 257 Å². The third-order valence-corrected chi connectivity index (χ3v) is 14.0. The minimum absolute atomic E-state index is 0.526. The largest absolute Gasteiger partial charge is 0.456 e. The van der Waals surface area contributed by atoms with Crippen LogP contribution in [0.5, 0.6) is 0 Å². The van der Waals surface area contributed by atoms with E-state index < -0.39 is 6.17 Å². The first-order valence-electron chi connectivity index (χ1n) is 23.8. The van der Waals surface area contributed by atoms with Crippen molar-refractivity contribution in [3.8, 4) is 39.1 Å². The summed E-state index contributed by atoms with van der Waals surface area (Å²) in [4.78, 5) is 11.1. The zero-order valence-electron chi connectivity index (χ0n) is 37.9. The minimum atomic E-state index is -0.526. The highest BCUT2D eigenvalue weighted by molar-refractivity contribution is 6.18. The maximum atomic E-state index is 6.41. The molecular weight excluding hydrogens is 853 g/mol. The molecule has 3 heterocycles. The Kier molecular flexibility index (Phi) is 9.20. The molecule has 5 nitrogen and oxygen atoms in total. The maximum absolute atomic E-state index is 6.41. The highest BCUT2D eigenvalue weighted by Crippen LogP contribution is 2.42. The number of benzene rings is 11. The number of aromatic nitrogens is 1. The Morgan fingerprint density at radius 2 is 0.900 bits per heavy atom. The average Bonchev–Trinajstić information content (AvgIpc) is 3.96. The number of fused-ring (bicyclic) bond motifs is 8. The second-order valence-corrected chi connectivity index (χ2v) is 18.1. The standard InChI is InChI=1S/C65H42N4O/c1-3-17-41(18-4-1)49-25-11-13-28-52(49)63-66-64(53-29-14-12-26-50(53)42-19-5-2-6-20-42)68-65(67-63)54-33-32-48(40-55(54)47-31-34-62-58(37-47)51-27-15-16-30-61(51)70-62)69-59-38-45-23-9-7-21-43(45)35-56(59)57-36-44-22-8-10-24-46(44)39-60(57)69/h1-40,65H,(H,66,67,68). The van der Waals surface area contributed by atoms with Crippen LogP contribution in [-0.4, -0.2) is 16.2 Å². The summed E-state index contributed by atoms with van der Waals surface area (Å²) in [5, 5.41) is 13.3. The van der Waals surface area contributed by atoms with Crippen molar-refractivity contribution >= 4 is 77.0 Å². The third-order valence-electron chi connectivity index (χ3n) is 14.0. The van der Waals surface area contributed by atoms with Gasteiger partial charge >= 0.3 is 0 Å². The smallest absolute Gasteiger partial charge is 0.160 e. The molecule has 1 atom stereocenters. The second kappa shape index (κ2) is 16.2. The maximum Gasteiger partial charge on any atom is 0.160 e. The highest BCUT2D eigenvalue weighted by atomic mass is 16.3. The van der Waals surface area contributed by atoms with E-state index in [1.807, 2.05) is 12.1 Å². The average molecular weight is 895 g/mol. The molecule has 0 radical (unpaired) electrons.